The molecule has 1 unspecified atom stereocenters. The number of aromatic nitrogens is 1. The molecule has 0 radical (unpaired) electrons. The van der Waals surface area contributed by atoms with Crippen LogP contribution in [0, 0.1) is 6.92 Å². The van der Waals surface area contributed by atoms with Crippen molar-refractivity contribution in [1.82, 2.24) is 10.3 Å². The second-order valence-electron chi connectivity index (χ2n) is 3.62. The van der Waals surface area contributed by atoms with Crippen LogP contribution in [0.15, 0.2) is 12.1 Å². The fourth-order valence-electron chi connectivity index (χ4n) is 1.22. The lowest BCUT2D eigenvalue weighted by molar-refractivity contribution is -0.119. The van der Waals surface area contributed by atoms with Crippen LogP contribution in [-0.2, 0) is 4.79 Å². The first-order valence-electron chi connectivity index (χ1n) is 4.99. The summed E-state index contributed by atoms with van der Waals surface area (Å²) in [4.78, 5) is 26.6. The van der Waals surface area contributed by atoms with Crippen LogP contribution in [0.25, 0.3) is 0 Å². The SMILES string of the molecule is Cc1cc(C(=O)NC(C)C(N)=O)cc(NN)n1. The average Bonchev–Trinajstić information content (AvgIpc) is 2.27. The molecule has 0 saturated heterocycles. The molecule has 0 aliphatic carbocycles. The lowest BCUT2D eigenvalue weighted by Crippen LogP contribution is -2.42. The first-order valence-corrected chi connectivity index (χ1v) is 4.99. The fraction of sp³-hybridized carbons (Fsp3) is 0.300. The maximum absolute atomic E-state index is 11.8. The summed E-state index contributed by atoms with van der Waals surface area (Å²) in [6, 6.07) is 2.34. The normalized spacial score (nSPS) is 11.7. The third-order valence-electron chi connectivity index (χ3n) is 2.14. The van der Waals surface area contributed by atoms with Gasteiger partial charge >= 0.3 is 0 Å². The molecule has 0 aliphatic rings. The summed E-state index contributed by atoms with van der Waals surface area (Å²) in [7, 11) is 0. The van der Waals surface area contributed by atoms with Crippen molar-refractivity contribution in [2.45, 2.75) is 19.9 Å². The van der Waals surface area contributed by atoms with Crippen LogP contribution in [-0.4, -0.2) is 22.8 Å². The molecule has 0 spiro atoms. The first kappa shape index (κ1) is 12.9. The zero-order valence-electron chi connectivity index (χ0n) is 9.65. The molecule has 7 nitrogen and oxygen atoms in total. The van der Waals surface area contributed by atoms with Crippen LogP contribution in [0.5, 0.6) is 0 Å². The molecule has 1 atom stereocenters. The number of nitrogens with two attached hydrogens (primary N) is 2. The van der Waals surface area contributed by atoms with Gasteiger partial charge in [0.1, 0.15) is 11.9 Å². The number of nitrogen functional groups attached to an aromatic ring is 1. The number of carbonyl (C=O) groups excluding carboxylic acids is 2. The number of anilines is 1. The number of hydrogen-bond donors (Lipinski definition) is 4. The van der Waals surface area contributed by atoms with E-state index in [9.17, 15) is 9.59 Å². The van der Waals surface area contributed by atoms with E-state index in [4.69, 9.17) is 11.6 Å². The highest BCUT2D eigenvalue weighted by atomic mass is 16.2. The van der Waals surface area contributed by atoms with Crippen molar-refractivity contribution in [2.24, 2.45) is 11.6 Å². The molecular formula is C10H15N5O2. The van der Waals surface area contributed by atoms with Gasteiger partial charge in [0, 0.05) is 11.3 Å². The second kappa shape index (κ2) is 5.26. The Kier molecular flexibility index (Phi) is 4.00. The van der Waals surface area contributed by atoms with Gasteiger partial charge in [-0.05, 0) is 26.0 Å². The lowest BCUT2D eigenvalue weighted by atomic mass is 10.2. The molecule has 2 amide bonds. The number of rotatable bonds is 4. The van der Waals surface area contributed by atoms with Gasteiger partial charge < -0.3 is 16.5 Å². The molecule has 1 aromatic rings. The Balaban J connectivity index is 2.88. The molecule has 1 aromatic heterocycles. The number of amides is 2. The van der Waals surface area contributed by atoms with Crippen molar-refractivity contribution < 1.29 is 9.59 Å². The number of hydrogen-bond acceptors (Lipinski definition) is 5. The Morgan fingerprint density at radius 2 is 2.06 bits per heavy atom. The van der Waals surface area contributed by atoms with E-state index in [1.165, 1.54) is 13.0 Å². The van der Waals surface area contributed by atoms with Gasteiger partial charge in [-0.1, -0.05) is 0 Å². The number of carbonyl (C=O) groups is 2. The average molecular weight is 237 g/mol. The van der Waals surface area contributed by atoms with Gasteiger partial charge in [0.15, 0.2) is 0 Å². The van der Waals surface area contributed by atoms with E-state index in [0.717, 1.165) is 0 Å². The molecule has 92 valence electrons. The van der Waals surface area contributed by atoms with E-state index in [2.05, 4.69) is 15.7 Å². The summed E-state index contributed by atoms with van der Waals surface area (Å²) in [5.41, 5.74) is 8.40. The molecule has 1 rings (SSSR count). The molecule has 0 bridgehead atoms. The van der Waals surface area contributed by atoms with Crippen LogP contribution in [0.1, 0.15) is 23.0 Å². The van der Waals surface area contributed by atoms with Crippen molar-refractivity contribution in [3.05, 3.63) is 23.4 Å². The molecule has 0 aliphatic heterocycles. The van der Waals surface area contributed by atoms with E-state index < -0.39 is 17.9 Å². The number of primary amides is 1. The largest absolute Gasteiger partial charge is 0.368 e. The maximum Gasteiger partial charge on any atom is 0.252 e. The van der Waals surface area contributed by atoms with Gasteiger partial charge in [-0.2, -0.15) is 0 Å². The van der Waals surface area contributed by atoms with E-state index in [1.807, 2.05) is 0 Å². The van der Waals surface area contributed by atoms with Gasteiger partial charge in [0.2, 0.25) is 5.91 Å². The monoisotopic (exact) mass is 237 g/mol. The summed E-state index contributed by atoms with van der Waals surface area (Å²) in [6.45, 7) is 3.24. The van der Waals surface area contributed by atoms with Gasteiger partial charge in [0.05, 0.1) is 0 Å². The van der Waals surface area contributed by atoms with Crippen molar-refractivity contribution in [3.63, 3.8) is 0 Å². The van der Waals surface area contributed by atoms with Crippen LogP contribution < -0.4 is 22.3 Å². The number of pyridine rings is 1. The fourth-order valence-corrected chi connectivity index (χ4v) is 1.22. The summed E-state index contributed by atoms with van der Waals surface area (Å²) in [5.74, 6) is 4.60. The van der Waals surface area contributed by atoms with Crippen molar-refractivity contribution in [1.29, 1.82) is 0 Å². The van der Waals surface area contributed by atoms with Crippen molar-refractivity contribution in [2.75, 3.05) is 5.43 Å². The molecule has 7 heteroatoms. The Morgan fingerprint density at radius 1 is 1.41 bits per heavy atom. The Hall–Kier alpha value is -2.15. The van der Waals surface area contributed by atoms with E-state index in [-0.39, 0.29) is 0 Å². The minimum Gasteiger partial charge on any atom is -0.368 e. The molecule has 17 heavy (non-hydrogen) atoms. The van der Waals surface area contributed by atoms with Gasteiger partial charge in [-0.3, -0.25) is 9.59 Å². The first-order chi connectivity index (χ1) is 7.93. The van der Waals surface area contributed by atoms with Crippen molar-refractivity contribution >= 4 is 17.6 Å². The lowest BCUT2D eigenvalue weighted by Gasteiger charge is -2.11. The summed E-state index contributed by atoms with van der Waals surface area (Å²) in [5, 5.41) is 2.46. The zero-order valence-corrected chi connectivity index (χ0v) is 9.65. The Morgan fingerprint density at radius 3 is 2.59 bits per heavy atom. The van der Waals surface area contributed by atoms with Crippen LogP contribution in [0.4, 0.5) is 5.82 Å². The van der Waals surface area contributed by atoms with Crippen LogP contribution >= 0.6 is 0 Å². The minimum absolute atomic E-state index is 0.360. The van der Waals surface area contributed by atoms with Gasteiger partial charge in [-0.15, -0.1) is 0 Å². The van der Waals surface area contributed by atoms with Gasteiger partial charge in [-0.25, -0.2) is 10.8 Å². The third kappa shape index (κ3) is 3.42. The van der Waals surface area contributed by atoms with Gasteiger partial charge in [0.25, 0.3) is 5.91 Å². The molecule has 0 saturated carbocycles. The Bertz CT molecular complexity index is 446. The molecule has 0 aromatic carbocycles. The number of nitrogens with zero attached hydrogens (tertiary/aromatic N) is 1. The van der Waals surface area contributed by atoms with Crippen molar-refractivity contribution in [3.8, 4) is 0 Å². The van der Waals surface area contributed by atoms with Crippen LogP contribution in [0.3, 0.4) is 0 Å². The standard InChI is InChI=1S/C10H15N5O2/c1-5-3-7(4-8(13-5)15-12)10(17)14-6(2)9(11)16/h3-4,6H,12H2,1-2H3,(H2,11,16)(H,13,15)(H,14,17). The number of aryl methyl sites for hydroxylation is 1. The quantitative estimate of drug-likeness (QED) is 0.406. The summed E-state index contributed by atoms with van der Waals surface area (Å²) >= 11 is 0. The van der Waals surface area contributed by atoms with E-state index >= 15 is 0 Å². The number of nitrogens with one attached hydrogen (secondary N) is 2. The minimum atomic E-state index is -0.731. The maximum atomic E-state index is 11.8. The topological polar surface area (TPSA) is 123 Å². The highest BCUT2D eigenvalue weighted by Crippen LogP contribution is 2.09. The summed E-state index contributed by atoms with van der Waals surface area (Å²) in [6.07, 6.45) is 0. The van der Waals surface area contributed by atoms with E-state index in [1.54, 1.807) is 13.0 Å². The summed E-state index contributed by atoms with van der Waals surface area (Å²) < 4.78 is 0. The third-order valence-corrected chi connectivity index (χ3v) is 2.14. The predicted octanol–water partition coefficient (Wildman–Crippen LogP) is -0.721. The highest BCUT2D eigenvalue weighted by Gasteiger charge is 2.14. The zero-order chi connectivity index (χ0) is 13.0. The predicted molar refractivity (Wildman–Crippen MR) is 62.9 cm³/mol. The number of hydrazine groups is 1. The highest BCUT2D eigenvalue weighted by molar-refractivity contribution is 5.97. The Labute approximate surface area is 98.5 Å². The van der Waals surface area contributed by atoms with Crippen LogP contribution in [0.2, 0.25) is 0 Å². The molecular weight excluding hydrogens is 222 g/mol. The second-order valence-corrected chi connectivity index (χ2v) is 3.62. The molecule has 0 fully saturated rings. The molecule has 1 heterocycles. The van der Waals surface area contributed by atoms with E-state index in [0.29, 0.717) is 17.1 Å². The molecule has 6 N–H and O–H groups in total. The smallest absolute Gasteiger partial charge is 0.252 e.